The highest BCUT2D eigenvalue weighted by atomic mass is 16.6. The maximum atomic E-state index is 10.6. The van der Waals surface area contributed by atoms with Gasteiger partial charge in [-0.1, -0.05) is 0 Å². The molecule has 0 radical (unpaired) electrons. The van der Waals surface area contributed by atoms with Crippen molar-refractivity contribution >= 4 is 11.9 Å². The summed E-state index contributed by atoms with van der Waals surface area (Å²) in [4.78, 5) is 21.2. The van der Waals surface area contributed by atoms with Crippen LogP contribution in [0.2, 0.25) is 0 Å². The standard InChI is InChI=1S/C14H20O8.C10H14O4/c1-11(15)19-7-9-21-13(17)3-5-14(18,6-4-13)22-10-8-20-12(2)16;11-5-7-13-9-1-2-10(4-3-9)14-8-6-12/h3-6,17-18H,7-10H2,1-2H3;1-4,11-12H,5-8H2. The smallest absolute Gasteiger partial charge is 0.302 e. The maximum Gasteiger partial charge on any atom is 0.302 e. The molecule has 0 unspecified atom stereocenters. The first kappa shape index (κ1) is 31.0. The minimum absolute atomic E-state index is 0.00246. The summed E-state index contributed by atoms with van der Waals surface area (Å²) in [7, 11) is 0. The zero-order valence-corrected chi connectivity index (χ0v) is 20.3. The van der Waals surface area contributed by atoms with Crippen LogP contribution in [0.5, 0.6) is 11.5 Å². The van der Waals surface area contributed by atoms with Gasteiger partial charge in [0, 0.05) is 13.8 Å². The zero-order chi connectivity index (χ0) is 26.9. The number of carbonyl (C=O) groups excluding carboxylic acids is 2. The fourth-order valence-electron chi connectivity index (χ4n) is 2.52. The molecule has 0 amide bonds. The Labute approximate surface area is 209 Å². The average molecular weight is 515 g/mol. The molecule has 1 aliphatic rings. The van der Waals surface area contributed by atoms with E-state index in [0.29, 0.717) is 11.5 Å². The van der Waals surface area contributed by atoms with E-state index < -0.39 is 23.5 Å². The van der Waals surface area contributed by atoms with Crippen molar-refractivity contribution in [3.8, 4) is 11.5 Å². The van der Waals surface area contributed by atoms with Gasteiger partial charge in [-0.25, -0.2) is 0 Å². The molecule has 0 atom stereocenters. The topological polar surface area (TPSA) is 170 Å². The fraction of sp³-hybridized carbons (Fsp3) is 0.500. The van der Waals surface area contributed by atoms with Crippen LogP contribution in [0, 0.1) is 0 Å². The molecule has 0 bridgehead atoms. The number of rotatable bonds is 14. The minimum Gasteiger partial charge on any atom is -0.491 e. The Balaban J connectivity index is 0.000000397. The third-order valence-corrected chi connectivity index (χ3v) is 4.11. The molecule has 0 heterocycles. The van der Waals surface area contributed by atoms with Crippen molar-refractivity contribution in [1.82, 2.24) is 0 Å². The largest absolute Gasteiger partial charge is 0.491 e. The lowest BCUT2D eigenvalue weighted by molar-refractivity contribution is -0.170. The summed E-state index contributed by atoms with van der Waals surface area (Å²) in [5.41, 5.74) is 0. The lowest BCUT2D eigenvalue weighted by Crippen LogP contribution is -2.38. The molecular weight excluding hydrogens is 480 g/mol. The summed E-state index contributed by atoms with van der Waals surface area (Å²) in [5, 5.41) is 37.1. The van der Waals surface area contributed by atoms with E-state index in [-0.39, 0.29) is 52.9 Å². The number of esters is 2. The van der Waals surface area contributed by atoms with Crippen LogP contribution >= 0.6 is 0 Å². The molecular formula is C24H34O12. The van der Waals surface area contributed by atoms with Crippen LogP contribution in [0.3, 0.4) is 0 Å². The molecule has 1 aliphatic carbocycles. The average Bonchev–Trinajstić information content (AvgIpc) is 2.85. The highest BCUT2D eigenvalue weighted by Crippen LogP contribution is 2.24. The van der Waals surface area contributed by atoms with Crippen LogP contribution in [0.25, 0.3) is 0 Å². The van der Waals surface area contributed by atoms with Crippen molar-refractivity contribution in [1.29, 1.82) is 0 Å². The molecule has 2 rings (SSSR count). The van der Waals surface area contributed by atoms with E-state index in [9.17, 15) is 19.8 Å². The molecule has 1 aromatic carbocycles. The third-order valence-electron chi connectivity index (χ3n) is 4.11. The van der Waals surface area contributed by atoms with Crippen LogP contribution in [0.4, 0.5) is 0 Å². The molecule has 0 aliphatic heterocycles. The first-order chi connectivity index (χ1) is 17.1. The number of hydrogen-bond acceptors (Lipinski definition) is 12. The summed E-state index contributed by atoms with van der Waals surface area (Å²) >= 11 is 0. The predicted octanol–water partition coefficient (Wildman–Crippen LogP) is 0.0778. The van der Waals surface area contributed by atoms with Crippen LogP contribution in [-0.4, -0.2) is 96.8 Å². The molecule has 202 valence electrons. The van der Waals surface area contributed by atoms with Gasteiger partial charge < -0.3 is 48.8 Å². The van der Waals surface area contributed by atoms with Gasteiger partial charge >= 0.3 is 11.9 Å². The van der Waals surface area contributed by atoms with Crippen LogP contribution in [0.1, 0.15) is 13.8 Å². The molecule has 0 saturated heterocycles. The summed E-state index contributed by atoms with van der Waals surface area (Å²) in [6.07, 6.45) is 4.80. The van der Waals surface area contributed by atoms with Gasteiger partial charge in [0.1, 0.15) is 37.9 Å². The van der Waals surface area contributed by atoms with Crippen molar-refractivity contribution in [2.45, 2.75) is 25.4 Å². The SMILES string of the molecule is CC(=O)OCCOC1(O)C=CC(O)(OCCOC(C)=O)C=C1.OCCOc1ccc(OCCO)cc1. The van der Waals surface area contributed by atoms with E-state index in [4.69, 9.17) is 29.2 Å². The molecule has 0 aromatic heterocycles. The Morgan fingerprint density at radius 3 is 1.25 bits per heavy atom. The molecule has 4 N–H and O–H groups in total. The first-order valence-electron chi connectivity index (χ1n) is 11.1. The normalized spacial score (nSPS) is 20.2. The molecule has 36 heavy (non-hydrogen) atoms. The molecule has 12 nitrogen and oxygen atoms in total. The van der Waals surface area contributed by atoms with Gasteiger partial charge in [0.05, 0.1) is 26.4 Å². The predicted molar refractivity (Wildman–Crippen MR) is 125 cm³/mol. The maximum absolute atomic E-state index is 10.6. The lowest BCUT2D eigenvalue weighted by atomic mass is 10.1. The van der Waals surface area contributed by atoms with Crippen molar-refractivity contribution in [2.24, 2.45) is 0 Å². The molecule has 0 spiro atoms. The quantitative estimate of drug-likeness (QED) is 0.114. The number of benzene rings is 1. The second-order valence-corrected chi connectivity index (χ2v) is 7.16. The van der Waals surface area contributed by atoms with Crippen molar-refractivity contribution in [2.75, 3.05) is 52.9 Å². The first-order valence-corrected chi connectivity index (χ1v) is 11.1. The van der Waals surface area contributed by atoms with E-state index in [1.165, 1.54) is 38.2 Å². The van der Waals surface area contributed by atoms with Gasteiger partial charge in [-0.05, 0) is 48.6 Å². The zero-order valence-electron chi connectivity index (χ0n) is 20.3. The second kappa shape index (κ2) is 16.6. The number of hydrogen-bond donors (Lipinski definition) is 4. The third kappa shape index (κ3) is 13.8. The highest BCUT2D eigenvalue weighted by Gasteiger charge is 2.32. The molecule has 1 aromatic rings. The Morgan fingerprint density at radius 1 is 0.639 bits per heavy atom. The fourth-order valence-corrected chi connectivity index (χ4v) is 2.52. The molecule has 0 saturated carbocycles. The minimum atomic E-state index is -1.72. The lowest BCUT2D eigenvalue weighted by Gasteiger charge is -2.30. The second-order valence-electron chi connectivity index (χ2n) is 7.16. The van der Waals surface area contributed by atoms with E-state index in [1.807, 2.05) is 0 Å². The highest BCUT2D eigenvalue weighted by molar-refractivity contribution is 5.66. The van der Waals surface area contributed by atoms with E-state index in [0.717, 1.165) is 0 Å². The van der Waals surface area contributed by atoms with E-state index in [1.54, 1.807) is 24.3 Å². The number of aliphatic hydroxyl groups is 4. The Kier molecular flexibility index (Phi) is 14.3. The van der Waals surface area contributed by atoms with Crippen molar-refractivity contribution in [3.05, 3.63) is 48.6 Å². The van der Waals surface area contributed by atoms with Gasteiger partial charge in [-0.3, -0.25) is 9.59 Å². The number of aliphatic hydroxyl groups excluding tert-OH is 2. The number of carbonyl (C=O) groups is 2. The van der Waals surface area contributed by atoms with Crippen LogP contribution in [-0.2, 0) is 28.5 Å². The van der Waals surface area contributed by atoms with Crippen LogP contribution in [0.15, 0.2) is 48.6 Å². The van der Waals surface area contributed by atoms with Crippen LogP contribution < -0.4 is 9.47 Å². The summed E-state index contributed by atoms with van der Waals surface area (Å²) < 4.78 is 29.9. The Bertz CT molecular complexity index is 753. The Morgan fingerprint density at radius 2 is 0.972 bits per heavy atom. The van der Waals surface area contributed by atoms with E-state index >= 15 is 0 Å². The van der Waals surface area contributed by atoms with E-state index in [2.05, 4.69) is 9.47 Å². The molecule has 0 fully saturated rings. The van der Waals surface area contributed by atoms with Gasteiger partial charge in [0.2, 0.25) is 11.6 Å². The van der Waals surface area contributed by atoms with Gasteiger partial charge in [-0.15, -0.1) is 0 Å². The number of ether oxygens (including phenoxy) is 6. The van der Waals surface area contributed by atoms with Gasteiger partial charge in [0.25, 0.3) is 0 Å². The molecule has 12 heteroatoms. The Hall–Kier alpha value is -3.00. The van der Waals surface area contributed by atoms with Crippen molar-refractivity contribution < 1.29 is 58.4 Å². The van der Waals surface area contributed by atoms with Gasteiger partial charge in [-0.2, -0.15) is 0 Å². The van der Waals surface area contributed by atoms with Crippen molar-refractivity contribution in [3.63, 3.8) is 0 Å². The van der Waals surface area contributed by atoms with Gasteiger partial charge in [0.15, 0.2) is 0 Å². The summed E-state index contributed by atoms with van der Waals surface area (Å²) in [6.45, 7) is 3.09. The summed E-state index contributed by atoms with van der Waals surface area (Å²) in [5.74, 6) is -2.94. The monoisotopic (exact) mass is 514 g/mol. The summed E-state index contributed by atoms with van der Waals surface area (Å²) in [6, 6.07) is 7.01.